The van der Waals surface area contributed by atoms with Crippen molar-refractivity contribution in [2.45, 2.75) is 65.0 Å². The lowest BCUT2D eigenvalue weighted by Crippen LogP contribution is -2.64. The van der Waals surface area contributed by atoms with E-state index in [2.05, 4.69) is 0 Å². The van der Waals surface area contributed by atoms with Crippen LogP contribution in [0.25, 0.3) is 0 Å². The van der Waals surface area contributed by atoms with Gasteiger partial charge in [-0.05, 0) is 26.7 Å². The molecule has 1 aliphatic heterocycles. The van der Waals surface area contributed by atoms with Crippen molar-refractivity contribution in [2.75, 3.05) is 0 Å². The zero-order valence-electron chi connectivity index (χ0n) is 10.5. The third-order valence-electron chi connectivity index (χ3n) is 4.40. The van der Waals surface area contributed by atoms with Gasteiger partial charge in [-0.1, -0.05) is 20.8 Å². The topological polar surface area (TPSA) is 43.4 Å². The standard InChI is InChI=1S/C12H22NO2/c1-6-11(4)8-10(14)9(3)12(5,7-2)13(11)15/h9H,6-8H2,1-5H3/q-1. The molecule has 1 aliphatic rings. The summed E-state index contributed by atoms with van der Waals surface area (Å²) in [5, 5.41) is 13.5. The van der Waals surface area contributed by atoms with Crippen LogP contribution in [-0.4, -0.2) is 21.9 Å². The normalized spacial score (nSPS) is 43.3. The summed E-state index contributed by atoms with van der Waals surface area (Å²) in [6.07, 6.45) is 1.84. The van der Waals surface area contributed by atoms with Gasteiger partial charge in [0.2, 0.25) is 0 Å². The van der Waals surface area contributed by atoms with E-state index in [1.807, 2.05) is 34.6 Å². The fraction of sp³-hybridized carbons (Fsp3) is 0.917. The highest BCUT2D eigenvalue weighted by Crippen LogP contribution is 2.42. The summed E-state index contributed by atoms with van der Waals surface area (Å²) in [5.41, 5.74) is -1.03. The van der Waals surface area contributed by atoms with Crippen molar-refractivity contribution in [1.29, 1.82) is 0 Å². The number of ketones is 1. The molecular weight excluding hydrogens is 190 g/mol. The van der Waals surface area contributed by atoms with Crippen molar-refractivity contribution in [1.82, 2.24) is 5.06 Å². The second-order valence-corrected chi connectivity index (χ2v) is 5.22. The zero-order chi connectivity index (χ0) is 11.9. The van der Waals surface area contributed by atoms with Gasteiger partial charge in [-0.2, -0.15) is 0 Å². The van der Waals surface area contributed by atoms with Gasteiger partial charge < -0.3 is 10.3 Å². The van der Waals surface area contributed by atoms with E-state index in [1.54, 1.807) is 0 Å². The first-order valence-corrected chi connectivity index (χ1v) is 5.82. The van der Waals surface area contributed by atoms with Gasteiger partial charge >= 0.3 is 0 Å². The maximum Gasteiger partial charge on any atom is 0.139 e. The highest BCUT2D eigenvalue weighted by atomic mass is 16.5. The van der Waals surface area contributed by atoms with Crippen molar-refractivity contribution in [3.8, 4) is 0 Å². The fourth-order valence-electron chi connectivity index (χ4n) is 2.46. The highest BCUT2D eigenvalue weighted by Gasteiger charge is 2.47. The van der Waals surface area contributed by atoms with E-state index in [9.17, 15) is 10.0 Å². The van der Waals surface area contributed by atoms with Crippen LogP contribution in [0.1, 0.15) is 53.9 Å². The van der Waals surface area contributed by atoms with Gasteiger partial charge in [-0.15, -0.1) is 0 Å². The Balaban J connectivity index is 3.11. The van der Waals surface area contributed by atoms with Crippen molar-refractivity contribution in [3.05, 3.63) is 5.21 Å². The molecule has 0 N–H and O–H groups in total. The molecule has 0 aliphatic carbocycles. The lowest BCUT2D eigenvalue weighted by atomic mass is 9.70. The summed E-state index contributed by atoms with van der Waals surface area (Å²) in [4.78, 5) is 11.9. The minimum atomic E-state index is -0.528. The molecule has 1 fully saturated rings. The Kier molecular flexibility index (Phi) is 3.27. The van der Waals surface area contributed by atoms with Gasteiger partial charge in [0.1, 0.15) is 5.78 Å². The second kappa shape index (κ2) is 3.87. The minimum Gasteiger partial charge on any atom is -0.784 e. The molecule has 3 atom stereocenters. The number of Topliss-reactive ketones (excluding diaryl/α,β-unsaturated/α-hetero) is 1. The second-order valence-electron chi connectivity index (χ2n) is 5.22. The molecule has 1 rings (SSSR count). The van der Waals surface area contributed by atoms with Crippen LogP contribution in [0.3, 0.4) is 0 Å². The summed E-state index contributed by atoms with van der Waals surface area (Å²) < 4.78 is 0. The van der Waals surface area contributed by atoms with E-state index in [-0.39, 0.29) is 11.7 Å². The van der Waals surface area contributed by atoms with E-state index in [0.29, 0.717) is 6.42 Å². The number of hydrogen-bond acceptors (Lipinski definition) is 3. The molecule has 0 spiro atoms. The summed E-state index contributed by atoms with van der Waals surface area (Å²) >= 11 is 0. The maximum absolute atomic E-state index is 12.4. The Hall–Kier alpha value is -0.410. The summed E-state index contributed by atoms with van der Waals surface area (Å²) in [5.74, 6) is 0.0791. The first-order chi connectivity index (χ1) is 6.81. The molecular formula is C12H22NO2-. The lowest BCUT2D eigenvalue weighted by Gasteiger charge is -2.62. The molecule has 1 heterocycles. The minimum absolute atomic E-state index is 0.153. The molecule has 88 valence electrons. The number of carbonyl (C=O) groups is 1. The van der Waals surface area contributed by atoms with Gasteiger partial charge in [0.05, 0.1) is 0 Å². The Morgan fingerprint density at radius 1 is 1.40 bits per heavy atom. The van der Waals surface area contributed by atoms with E-state index in [4.69, 9.17) is 0 Å². The first kappa shape index (κ1) is 12.7. The molecule has 0 radical (unpaired) electrons. The molecule has 1 saturated heterocycles. The number of hydrogen-bond donors (Lipinski definition) is 0. The van der Waals surface area contributed by atoms with Crippen LogP contribution < -0.4 is 0 Å². The van der Waals surface area contributed by atoms with Gasteiger partial charge in [-0.25, -0.2) is 0 Å². The predicted octanol–water partition coefficient (Wildman–Crippen LogP) is 2.73. The Bertz CT molecular complexity index is 266. The smallest absolute Gasteiger partial charge is 0.139 e. The van der Waals surface area contributed by atoms with Crippen LogP contribution in [0.2, 0.25) is 0 Å². The fourth-order valence-corrected chi connectivity index (χ4v) is 2.46. The lowest BCUT2D eigenvalue weighted by molar-refractivity contribution is -0.140. The van der Waals surface area contributed by atoms with Crippen molar-refractivity contribution in [2.24, 2.45) is 5.92 Å². The molecule has 0 amide bonds. The molecule has 0 bridgehead atoms. The Morgan fingerprint density at radius 3 is 2.33 bits per heavy atom. The van der Waals surface area contributed by atoms with E-state index in [0.717, 1.165) is 12.8 Å². The number of piperidine rings is 1. The first-order valence-electron chi connectivity index (χ1n) is 5.82. The molecule has 0 aromatic heterocycles. The number of carbonyl (C=O) groups excluding carboxylic acids is 1. The third-order valence-corrected chi connectivity index (χ3v) is 4.40. The molecule has 0 aromatic carbocycles. The number of hydroxylamine groups is 2. The average Bonchev–Trinajstić information content (AvgIpc) is 2.23. The Morgan fingerprint density at radius 2 is 1.93 bits per heavy atom. The van der Waals surface area contributed by atoms with E-state index < -0.39 is 11.1 Å². The monoisotopic (exact) mass is 212 g/mol. The number of nitrogens with zero attached hydrogens (tertiary/aromatic N) is 1. The largest absolute Gasteiger partial charge is 0.784 e. The van der Waals surface area contributed by atoms with Gasteiger partial charge in [0.15, 0.2) is 0 Å². The van der Waals surface area contributed by atoms with Crippen LogP contribution in [0.15, 0.2) is 0 Å². The van der Waals surface area contributed by atoms with Crippen LogP contribution in [0, 0.1) is 11.1 Å². The van der Waals surface area contributed by atoms with Crippen molar-refractivity contribution >= 4 is 5.78 Å². The van der Waals surface area contributed by atoms with Crippen LogP contribution >= 0.6 is 0 Å². The van der Waals surface area contributed by atoms with Gasteiger partial charge in [0.25, 0.3) is 0 Å². The summed E-state index contributed by atoms with van der Waals surface area (Å²) in [7, 11) is 0. The van der Waals surface area contributed by atoms with Crippen molar-refractivity contribution < 1.29 is 4.79 Å². The SMILES string of the molecule is CCC1(C)CC(=O)C(C)C(C)(CC)N1[O-]. The molecule has 3 unspecified atom stereocenters. The number of rotatable bonds is 2. The van der Waals surface area contributed by atoms with E-state index >= 15 is 0 Å². The molecule has 3 nitrogen and oxygen atoms in total. The molecule has 0 saturated carbocycles. The maximum atomic E-state index is 12.4. The Labute approximate surface area is 92.4 Å². The van der Waals surface area contributed by atoms with Gasteiger partial charge in [-0.3, -0.25) is 4.79 Å². The third kappa shape index (κ3) is 1.72. The molecule has 15 heavy (non-hydrogen) atoms. The highest BCUT2D eigenvalue weighted by molar-refractivity contribution is 5.84. The van der Waals surface area contributed by atoms with Gasteiger partial charge in [0, 0.05) is 23.4 Å². The summed E-state index contributed by atoms with van der Waals surface area (Å²) in [6.45, 7) is 9.65. The zero-order valence-corrected chi connectivity index (χ0v) is 10.5. The molecule has 3 heteroatoms. The van der Waals surface area contributed by atoms with Crippen molar-refractivity contribution in [3.63, 3.8) is 0 Å². The van der Waals surface area contributed by atoms with Crippen LogP contribution in [0.5, 0.6) is 0 Å². The molecule has 0 aromatic rings. The average molecular weight is 212 g/mol. The van der Waals surface area contributed by atoms with Crippen LogP contribution in [-0.2, 0) is 4.79 Å². The van der Waals surface area contributed by atoms with E-state index in [1.165, 1.54) is 5.06 Å². The quantitative estimate of drug-likeness (QED) is 0.707. The predicted molar refractivity (Wildman–Crippen MR) is 61.4 cm³/mol. The summed E-state index contributed by atoms with van der Waals surface area (Å²) in [6, 6.07) is 0. The van der Waals surface area contributed by atoms with Crippen LogP contribution in [0.4, 0.5) is 0 Å².